The third kappa shape index (κ3) is 2.59. The molecular formula is C14H17N3O. The fourth-order valence-corrected chi connectivity index (χ4v) is 1.95. The van der Waals surface area contributed by atoms with Gasteiger partial charge in [-0.1, -0.05) is 19.1 Å². The zero-order valence-corrected chi connectivity index (χ0v) is 10.6. The van der Waals surface area contributed by atoms with Gasteiger partial charge in [0, 0.05) is 31.5 Å². The van der Waals surface area contributed by atoms with Crippen LogP contribution in [-0.2, 0) is 7.05 Å². The van der Waals surface area contributed by atoms with Crippen LogP contribution < -0.4 is 5.73 Å². The summed E-state index contributed by atoms with van der Waals surface area (Å²) in [4.78, 5) is 16.1. The number of nitrogens with zero attached hydrogens (tertiary/aromatic N) is 2. The van der Waals surface area contributed by atoms with E-state index in [0.717, 1.165) is 11.3 Å². The highest BCUT2D eigenvalue weighted by atomic mass is 16.1. The number of hydrogen-bond acceptors (Lipinski definition) is 3. The Bertz CT molecular complexity index is 542. The van der Waals surface area contributed by atoms with Crippen molar-refractivity contribution in [3.63, 3.8) is 0 Å². The van der Waals surface area contributed by atoms with Crippen LogP contribution in [0.15, 0.2) is 36.7 Å². The van der Waals surface area contributed by atoms with E-state index in [2.05, 4.69) is 4.98 Å². The Balaban J connectivity index is 2.08. The number of hydrogen-bond donors (Lipinski definition) is 1. The molecule has 18 heavy (non-hydrogen) atoms. The summed E-state index contributed by atoms with van der Waals surface area (Å²) in [6.45, 7) is 2.03. The Morgan fingerprint density at radius 2 is 2.06 bits per heavy atom. The molecule has 0 bridgehead atoms. The second-order valence-corrected chi connectivity index (χ2v) is 4.56. The van der Waals surface area contributed by atoms with Crippen LogP contribution in [0.3, 0.4) is 0 Å². The van der Waals surface area contributed by atoms with E-state index in [1.165, 1.54) is 0 Å². The van der Waals surface area contributed by atoms with Crippen LogP contribution in [0.25, 0.3) is 0 Å². The summed E-state index contributed by atoms with van der Waals surface area (Å²) in [5.41, 5.74) is 7.50. The number of ketones is 1. The molecule has 2 aromatic rings. The number of benzene rings is 1. The van der Waals surface area contributed by atoms with Gasteiger partial charge in [0.05, 0.1) is 0 Å². The molecule has 1 aromatic heterocycles. The third-order valence-corrected chi connectivity index (χ3v) is 3.07. The van der Waals surface area contributed by atoms with Crippen molar-refractivity contribution in [2.45, 2.75) is 19.3 Å². The first kappa shape index (κ1) is 12.4. The molecule has 1 heterocycles. The quantitative estimate of drug-likeness (QED) is 0.662. The van der Waals surface area contributed by atoms with E-state index >= 15 is 0 Å². The molecule has 0 saturated heterocycles. The fraction of sp³-hybridized carbons (Fsp3) is 0.286. The molecule has 4 nitrogen and oxygen atoms in total. The first-order valence-electron chi connectivity index (χ1n) is 5.94. The van der Waals surface area contributed by atoms with Crippen LogP contribution in [0.2, 0.25) is 0 Å². The van der Waals surface area contributed by atoms with Crippen molar-refractivity contribution in [3.05, 3.63) is 48.0 Å². The Hall–Kier alpha value is -2.10. The normalized spacial score (nSPS) is 12.3. The summed E-state index contributed by atoms with van der Waals surface area (Å²) in [6.07, 6.45) is 3.87. The van der Waals surface area contributed by atoms with E-state index in [-0.39, 0.29) is 11.7 Å². The van der Waals surface area contributed by atoms with Crippen LogP contribution in [0.5, 0.6) is 0 Å². The van der Waals surface area contributed by atoms with Crippen LogP contribution in [0.1, 0.15) is 35.4 Å². The van der Waals surface area contributed by atoms with Gasteiger partial charge in [-0.2, -0.15) is 0 Å². The number of nitrogen functional groups attached to an aromatic ring is 1. The maximum absolute atomic E-state index is 12.1. The summed E-state index contributed by atoms with van der Waals surface area (Å²) in [5, 5.41) is 0. The van der Waals surface area contributed by atoms with Crippen molar-refractivity contribution in [1.29, 1.82) is 0 Å². The van der Waals surface area contributed by atoms with Crippen LogP contribution in [0, 0.1) is 0 Å². The second kappa shape index (κ2) is 5.04. The SMILES string of the molecule is CC(CC(=O)c1nccn1C)c1ccc(N)cc1. The van der Waals surface area contributed by atoms with Gasteiger partial charge in [0.2, 0.25) is 0 Å². The maximum atomic E-state index is 12.1. The molecule has 0 radical (unpaired) electrons. The minimum Gasteiger partial charge on any atom is -0.399 e. The topological polar surface area (TPSA) is 60.9 Å². The zero-order valence-electron chi connectivity index (χ0n) is 10.6. The molecule has 94 valence electrons. The standard InChI is InChI=1S/C14H17N3O/c1-10(11-3-5-12(15)6-4-11)9-13(18)14-16-7-8-17(14)2/h3-8,10H,9,15H2,1-2H3. The maximum Gasteiger partial charge on any atom is 0.198 e. The van der Waals surface area contributed by atoms with Gasteiger partial charge in [0.1, 0.15) is 0 Å². The molecular weight excluding hydrogens is 226 g/mol. The Labute approximate surface area is 106 Å². The lowest BCUT2D eigenvalue weighted by atomic mass is 9.95. The van der Waals surface area contributed by atoms with E-state index in [4.69, 9.17) is 5.73 Å². The molecule has 0 aliphatic carbocycles. The van der Waals surface area contributed by atoms with Crippen molar-refractivity contribution in [1.82, 2.24) is 9.55 Å². The summed E-state index contributed by atoms with van der Waals surface area (Å²) in [5.74, 6) is 0.735. The Kier molecular flexibility index (Phi) is 3.46. The van der Waals surface area contributed by atoms with Crippen molar-refractivity contribution in [2.75, 3.05) is 5.73 Å². The highest BCUT2D eigenvalue weighted by molar-refractivity contribution is 5.93. The van der Waals surface area contributed by atoms with Gasteiger partial charge < -0.3 is 10.3 Å². The summed E-state index contributed by atoms with van der Waals surface area (Å²) in [6, 6.07) is 7.64. The second-order valence-electron chi connectivity index (χ2n) is 4.56. The average molecular weight is 243 g/mol. The lowest BCUT2D eigenvalue weighted by Crippen LogP contribution is -2.10. The number of aromatic nitrogens is 2. The van der Waals surface area contributed by atoms with Crippen molar-refractivity contribution in [2.24, 2.45) is 7.05 Å². The lowest BCUT2D eigenvalue weighted by Gasteiger charge is -2.11. The van der Waals surface area contributed by atoms with Crippen LogP contribution >= 0.6 is 0 Å². The summed E-state index contributed by atoms with van der Waals surface area (Å²) >= 11 is 0. The zero-order chi connectivity index (χ0) is 13.1. The van der Waals surface area contributed by atoms with Crippen LogP contribution in [-0.4, -0.2) is 15.3 Å². The van der Waals surface area contributed by atoms with E-state index in [1.807, 2.05) is 38.2 Å². The lowest BCUT2D eigenvalue weighted by molar-refractivity contribution is 0.0962. The predicted molar refractivity (Wildman–Crippen MR) is 71.4 cm³/mol. The van der Waals surface area contributed by atoms with Gasteiger partial charge in [-0.05, 0) is 23.6 Å². The minimum absolute atomic E-state index is 0.0619. The average Bonchev–Trinajstić information content (AvgIpc) is 2.76. The summed E-state index contributed by atoms with van der Waals surface area (Å²) in [7, 11) is 1.83. The number of Topliss-reactive ketones (excluding diaryl/α,β-unsaturated/α-hetero) is 1. The fourth-order valence-electron chi connectivity index (χ4n) is 1.95. The smallest absolute Gasteiger partial charge is 0.198 e. The number of aryl methyl sites for hydroxylation is 1. The molecule has 4 heteroatoms. The van der Waals surface area contributed by atoms with Crippen molar-refractivity contribution in [3.8, 4) is 0 Å². The number of anilines is 1. The molecule has 0 aliphatic heterocycles. The van der Waals surface area contributed by atoms with E-state index in [9.17, 15) is 4.79 Å². The molecule has 1 atom stereocenters. The number of nitrogens with two attached hydrogens (primary N) is 1. The molecule has 0 aliphatic rings. The molecule has 0 saturated carbocycles. The van der Waals surface area contributed by atoms with Gasteiger partial charge in [-0.25, -0.2) is 4.98 Å². The Morgan fingerprint density at radius 1 is 1.39 bits per heavy atom. The van der Waals surface area contributed by atoms with Gasteiger partial charge >= 0.3 is 0 Å². The van der Waals surface area contributed by atoms with E-state index in [0.29, 0.717) is 12.2 Å². The van der Waals surface area contributed by atoms with Crippen molar-refractivity contribution >= 4 is 11.5 Å². The predicted octanol–water partition coefficient (Wildman–Crippen LogP) is 2.38. The van der Waals surface area contributed by atoms with Crippen LogP contribution in [0.4, 0.5) is 5.69 Å². The summed E-state index contributed by atoms with van der Waals surface area (Å²) < 4.78 is 1.75. The number of rotatable bonds is 4. The highest BCUT2D eigenvalue weighted by Crippen LogP contribution is 2.21. The molecule has 0 amide bonds. The minimum atomic E-state index is 0.0619. The number of imidazole rings is 1. The van der Waals surface area contributed by atoms with Crippen molar-refractivity contribution < 1.29 is 4.79 Å². The molecule has 2 rings (SSSR count). The largest absolute Gasteiger partial charge is 0.399 e. The molecule has 0 fully saturated rings. The third-order valence-electron chi connectivity index (χ3n) is 3.07. The number of carbonyl (C=O) groups is 1. The van der Waals surface area contributed by atoms with E-state index < -0.39 is 0 Å². The first-order valence-corrected chi connectivity index (χ1v) is 5.94. The number of carbonyl (C=O) groups excluding carboxylic acids is 1. The molecule has 1 unspecified atom stereocenters. The Morgan fingerprint density at radius 3 is 2.61 bits per heavy atom. The highest BCUT2D eigenvalue weighted by Gasteiger charge is 2.16. The van der Waals surface area contributed by atoms with Gasteiger partial charge in [-0.3, -0.25) is 4.79 Å². The first-order chi connectivity index (χ1) is 8.58. The molecule has 2 N–H and O–H groups in total. The monoisotopic (exact) mass is 243 g/mol. The van der Waals surface area contributed by atoms with Gasteiger partial charge in [0.25, 0.3) is 0 Å². The van der Waals surface area contributed by atoms with Gasteiger partial charge in [0.15, 0.2) is 11.6 Å². The van der Waals surface area contributed by atoms with Gasteiger partial charge in [-0.15, -0.1) is 0 Å². The molecule has 0 spiro atoms. The van der Waals surface area contributed by atoms with E-state index in [1.54, 1.807) is 17.0 Å². The molecule has 1 aromatic carbocycles.